The number of ether oxygens (including phenoxy) is 1. The minimum absolute atomic E-state index is 0.193. The Morgan fingerprint density at radius 3 is 2.75 bits per heavy atom. The molecule has 0 spiro atoms. The molecule has 0 saturated heterocycles. The molecule has 2 heterocycles. The van der Waals surface area contributed by atoms with Gasteiger partial charge < -0.3 is 20.4 Å². The highest BCUT2D eigenvalue weighted by molar-refractivity contribution is 5.87. The molecule has 0 aliphatic heterocycles. The number of primary amides is 1. The summed E-state index contributed by atoms with van der Waals surface area (Å²) in [5.41, 5.74) is 8.21. The standard InChI is InChI=1S/C20H18N6O2/c1-13-23-17-11-22-20(28-16-9-5-8-15(10-16)24-19(21)27)25-18(17)26(13)12-14-6-3-2-4-7-14/h2-11H,12H2,1H3,(H3,21,24,27). The number of rotatable bonds is 5. The number of amides is 2. The minimum Gasteiger partial charge on any atom is -0.424 e. The number of benzene rings is 2. The van der Waals surface area contributed by atoms with Gasteiger partial charge in [0.05, 0.1) is 12.7 Å². The van der Waals surface area contributed by atoms with E-state index in [4.69, 9.17) is 10.5 Å². The highest BCUT2D eigenvalue weighted by Crippen LogP contribution is 2.23. The second-order valence-corrected chi connectivity index (χ2v) is 6.21. The minimum atomic E-state index is -0.643. The van der Waals surface area contributed by atoms with Crippen LogP contribution < -0.4 is 15.8 Å². The number of aromatic nitrogens is 4. The van der Waals surface area contributed by atoms with Gasteiger partial charge in [-0.05, 0) is 24.6 Å². The lowest BCUT2D eigenvalue weighted by Crippen LogP contribution is -2.19. The molecular formula is C20H18N6O2. The fourth-order valence-electron chi connectivity index (χ4n) is 2.91. The third kappa shape index (κ3) is 3.75. The van der Waals surface area contributed by atoms with Crippen molar-refractivity contribution in [1.29, 1.82) is 0 Å². The summed E-state index contributed by atoms with van der Waals surface area (Å²) in [6, 6.07) is 16.5. The van der Waals surface area contributed by atoms with E-state index >= 15 is 0 Å². The molecule has 0 aliphatic rings. The van der Waals surface area contributed by atoms with E-state index in [0.29, 0.717) is 29.1 Å². The third-order valence-electron chi connectivity index (χ3n) is 4.15. The predicted octanol–water partition coefficient (Wildman–Crippen LogP) is 3.47. The highest BCUT2D eigenvalue weighted by Gasteiger charge is 2.12. The van der Waals surface area contributed by atoms with Crippen molar-refractivity contribution < 1.29 is 9.53 Å². The van der Waals surface area contributed by atoms with Crippen LogP contribution in [0.25, 0.3) is 11.2 Å². The maximum atomic E-state index is 11.0. The van der Waals surface area contributed by atoms with Crippen LogP contribution in [0.2, 0.25) is 0 Å². The van der Waals surface area contributed by atoms with Gasteiger partial charge in [0, 0.05) is 11.8 Å². The monoisotopic (exact) mass is 374 g/mol. The molecule has 4 rings (SSSR count). The summed E-state index contributed by atoms with van der Waals surface area (Å²) in [4.78, 5) is 24.3. The predicted molar refractivity (Wildman–Crippen MR) is 105 cm³/mol. The van der Waals surface area contributed by atoms with Crippen molar-refractivity contribution in [3.63, 3.8) is 0 Å². The molecule has 0 unspecified atom stereocenters. The van der Waals surface area contributed by atoms with Crippen molar-refractivity contribution in [2.75, 3.05) is 5.32 Å². The maximum absolute atomic E-state index is 11.0. The van der Waals surface area contributed by atoms with Crippen LogP contribution in [0, 0.1) is 6.92 Å². The SMILES string of the molecule is Cc1nc2cnc(Oc3cccc(NC(N)=O)c3)nc2n1Cc1ccccc1. The van der Waals surface area contributed by atoms with Crippen LogP contribution in [-0.2, 0) is 6.54 Å². The second-order valence-electron chi connectivity index (χ2n) is 6.21. The number of carbonyl (C=O) groups excluding carboxylic acids is 1. The van der Waals surface area contributed by atoms with E-state index < -0.39 is 6.03 Å². The first kappa shape index (κ1) is 17.5. The van der Waals surface area contributed by atoms with Gasteiger partial charge in [0.15, 0.2) is 5.65 Å². The van der Waals surface area contributed by atoms with Crippen molar-refractivity contribution in [3.05, 3.63) is 72.2 Å². The van der Waals surface area contributed by atoms with E-state index in [9.17, 15) is 4.79 Å². The number of nitrogens with two attached hydrogens (primary N) is 1. The number of aryl methyl sites for hydroxylation is 1. The number of hydrogen-bond donors (Lipinski definition) is 2. The first-order chi connectivity index (χ1) is 13.6. The van der Waals surface area contributed by atoms with Gasteiger partial charge in [0.2, 0.25) is 0 Å². The van der Waals surface area contributed by atoms with Gasteiger partial charge in [-0.25, -0.2) is 14.8 Å². The average Bonchev–Trinajstić information content (AvgIpc) is 2.97. The van der Waals surface area contributed by atoms with Crippen LogP contribution in [0.5, 0.6) is 11.8 Å². The molecule has 8 heteroatoms. The molecule has 0 radical (unpaired) electrons. The Hall–Kier alpha value is -3.94. The number of imidazole rings is 1. The molecule has 2 aromatic carbocycles. The summed E-state index contributed by atoms with van der Waals surface area (Å²) in [6.45, 7) is 2.59. The molecule has 0 fully saturated rings. The van der Waals surface area contributed by atoms with Crippen molar-refractivity contribution >= 4 is 22.9 Å². The maximum Gasteiger partial charge on any atom is 0.324 e. The van der Waals surface area contributed by atoms with Gasteiger partial charge in [-0.3, -0.25) is 0 Å². The summed E-state index contributed by atoms with van der Waals surface area (Å²) in [7, 11) is 0. The zero-order chi connectivity index (χ0) is 19.5. The number of nitrogens with zero attached hydrogens (tertiary/aromatic N) is 4. The zero-order valence-electron chi connectivity index (χ0n) is 15.2. The average molecular weight is 374 g/mol. The van der Waals surface area contributed by atoms with E-state index in [0.717, 1.165) is 11.4 Å². The number of carbonyl (C=O) groups is 1. The van der Waals surface area contributed by atoms with Crippen LogP contribution in [0.4, 0.5) is 10.5 Å². The highest BCUT2D eigenvalue weighted by atomic mass is 16.5. The number of anilines is 1. The molecule has 4 aromatic rings. The topological polar surface area (TPSA) is 108 Å². The van der Waals surface area contributed by atoms with Gasteiger partial charge in [0.1, 0.15) is 17.1 Å². The lowest BCUT2D eigenvalue weighted by Gasteiger charge is -2.08. The Morgan fingerprint density at radius 1 is 1.14 bits per heavy atom. The van der Waals surface area contributed by atoms with Crippen LogP contribution >= 0.6 is 0 Å². The first-order valence-electron chi connectivity index (χ1n) is 8.67. The van der Waals surface area contributed by atoms with Gasteiger partial charge in [0.25, 0.3) is 0 Å². The van der Waals surface area contributed by atoms with Crippen molar-refractivity contribution in [2.24, 2.45) is 5.73 Å². The Kier molecular flexibility index (Phi) is 4.59. The first-order valence-corrected chi connectivity index (χ1v) is 8.67. The lowest BCUT2D eigenvalue weighted by atomic mass is 10.2. The molecular weight excluding hydrogens is 356 g/mol. The largest absolute Gasteiger partial charge is 0.424 e. The van der Waals surface area contributed by atoms with Gasteiger partial charge >= 0.3 is 12.0 Å². The van der Waals surface area contributed by atoms with E-state index in [2.05, 4.69) is 32.4 Å². The van der Waals surface area contributed by atoms with Crippen molar-refractivity contribution in [2.45, 2.75) is 13.5 Å². The molecule has 3 N–H and O–H groups in total. The van der Waals surface area contributed by atoms with E-state index in [1.807, 2.05) is 29.7 Å². The Morgan fingerprint density at radius 2 is 1.96 bits per heavy atom. The molecule has 2 aromatic heterocycles. The molecule has 2 amide bonds. The smallest absolute Gasteiger partial charge is 0.324 e. The van der Waals surface area contributed by atoms with E-state index in [-0.39, 0.29) is 6.01 Å². The number of nitrogens with one attached hydrogen (secondary N) is 1. The number of urea groups is 1. The Labute approximate surface area is 161 Å². The zero-order valence-corrected chi connectivity index (χ0v) is 15.2. The number of hydrogen-bond acceptors (Lipinski definition) is 5. The quantitative estimate of drug-likeness (QED) is 0.556. The molecule has 140 valence electrons. The van der Waals surface area contributed by atoms with E-state index in [1.165, 1.54) is 0 Å². The summed E-state index contributed by atoms with van der Waals surface area (Å²) in [5, 5.41) is 2.50. The fourth-order valence-corrected chi connectivity index (χ4v) is 2.91. The second kappa shape index (κ2) is 7.36. The molecule has 28 heavy (non-hydrogen) atoms. The van der Waals surface area contributed by atoms with E-state index in [1.54, 1.807) is 30.5 Å². The Balaban J connectivity index is 1.64. The fraction of sp³-hybridized carbons (Fsp3) is 0.100. The number of fused-ring (bicyclic) bond motifs is 1. The summed E-state index contributed by atoms with van der Waals surface area (Å²) < 4.78 is 7.79. The van der Waals surface area contributed by atoms with Crippen LogP contribution in [-0.4, -0.2) is 25.6 Å². The Bertz CT molecular complexity index is 1140. The summed E-state index contributed by atoms with van der Waals surface area (Å²) in [6.07, 6.45) is 1.64. The normalized spacial score (nSPS) is 10.8. The summed E-state index contributed by atoms with van der Waals surface area (Å²) >= 11 is 0. The van der Waals surface area contributed by atoms with Crippen LogP contribution in [0.15, 0.2) is 60.8 Å². The lowest BCUT2D eigenvalue weighted by molar-refractivity contribution is 0.259. The van der Waals surface area contributed by atoms with Gasteiger partial charge in [-0.1, -0.05) is 36.4 Å². The van der Waals surface area contributed by atoms with Crippen LogP contribution in [0.3, 0.4) is 0 Å². The molecule has 0 bridgehead atoms. The molecule has 8 nitrogen and oxygen atoms in total. The summed E-state index contributed by atoms with van der Waals surface area (Å²) in [5.74, 6) is 1.33. The van der Waals surface area contributed by atoms with Crippen molar-refractivity contribution in [3.8, 4) is 11.8 Å². The van der Waals surface area contributed by atoms with Crippen molar-refractivity contribution in [1.82, 2.24) is 19.5 Å². The third-order valence-corrected chi connectivity index (χ3v) is 4.15. The molecule has 0 atom stereocenters. The van der Waals surface area contributed by atoms with Gasteiger partial charge in [-0.15, -0.1) is 0 Å². The van der Waals surface area contributed by atoms with Gasteiger partial charge in [-0.2, -0.15) is 4.98 Å². The molecule has 0 aliphatic carbocycles. The van der Waals surface area contributed by atoms with Crippen LogP contribution in [0.1, 0.15) is 11.4 Å². The molecule has 0 saturated carbocycles.